The van der Waals surface area contributed by atoms with Crippen LogP contribution in [0.4, 0.5) is 0 Å². The number of rotatable bonds is 13. The summed E-state index contributed by atoms with van der Waals surface area (Å²) in [6, 6.07) is -0.117. The van der Waals surface area contributed by atoms with E-state index in [0.717, 1.165) is 37.2 Å². The number of nitrogens with zero attached hydrogens (tertiary/aromatic N) is 1. The smallest absolute Gasteiger partial charge is 0.256 e. The zero-order valence-corrected chi connectivity index (χ0v) is 23.7. The molecule has 37 heavy (non-hydrogen) atoms. The molecular weight excluding hydrogens is 488 g/mol. The molecule has 9 heteroatoms. The predicted molar refractivity (Wildman–Crippen MR) is 154 cm³/mol. The summed E-state index contributed by atoms with van der Waals surface area (Å²) in [6.07, 6.45) is 12.4. The van der Waals surface area contributed by atoms with Gasteiger partial charge in [0.1, 0.15) is 0 Å². The summed E-state index contributed by atoms with van der Waals surface area (Å²) in [4.78, 5) is 27.9. The largest absolute Gasteiger partial charge is 0.381 e. The van der Waals surface area contributed by atoms with Crippen molar-refractivity contribution in [2.75, 3.05) is 38.2 Å². The third-order valence-corrected chi connectivity index (χ3v) is 8.09. The monoisotopic (exact) mass is 532 g/mol. The van der Waals surface area contributed by atoms with Crippen molar-refractivity contribution < 1.29 is 18.7 Å². The number of hydrogen-bond donors (Lipinski definition) is 5. The summed E-state index contributed by atoms with van der Waals surface area (Å²) < 4.78 is 21.1. The lowest BCUT2D eigenvalue weighted by atomic mass is 9.95. The van der Waals surface area contributed by atoms with E-state index in [1.807, 2.05) is 40.0 Å². The number of nitrogens with one attached hydrogen (secondary N) is 3. The Labute approximate surface area is 223 Å². The Balaban J connectivity index is 2.23. The Morgan fingerprint density at radius 3 is 2.59 bits per heavy atom. The van der Waals surface area contributed by atoms with E-state index in [-0.39, 0.29) is 35.3 Å². The van der Waals surface area contributed by atoms with Gasteiger partial charge in [-0.1, -0.05) is 37.3 Å². The predicted octanol–water partition coefficient (Wildman–Crippen LogP) is 4.10. The first-order chi connectivity index (χ1) is 17.5. The molecule has 2 unspecified atom stereocenters. The summed E-state index contributed by atoms with van der Waals surface area (Å²) in [5.41, 5.74) is 3.31. The van der Waals surface area contributed by atoms with Crippen LogP contribution >= 0.6 is 10.6 Å². The number of hydrogen-bond acceptors (Lipinski definition) is 6. The third kappa shape index (κ3) is 8.74. The highest BCUT2D eigenvalue weighted by Gasteiger charge is 2.35. The molecule has 0 aromatic carbocycles. The molecule has 1 saturated heterocycles. The van der Waals surface area contributed by atoms with Crippen molar-refractivity contribution in [1.82, 2.24) is 20.9 Å². The van der Waals surface area contributed by atoms with Gasteiger partial charge in [-0.3, -0.25) is 18.7 Å². The van der Waals surface area contributed by atoms with Crippen LogP contribution in [0.25, 0.3) is 0 Å². The Morgan fingerprint density at radius 2 is 1.95 bits per heavy atom. The molecule has 0 radical (unpaired) electrons. The molecule has 2 aliphatic rings. The molecule has 0 saturated carbocycles. The average Bonchev–Trinajstić information content (AvgIpc) is 3.31. The summed E-state index contributed by atoms with van der Waals surface area (Å²) >= 11 is 0. The Bertz CT molecular complexity index is 1010. The topological polar surface area (TPSA) is 114 Å². The summed E-state index contributed by atoms with van der Waals surface area (Å²) in [6.45, 7) is 13.7. The molecule has 5 N–H and O–H groups in total. The molecule has 0 aromatic heterocycles. The lowest BCUT2D eigenvalue weighted by Gasteiger charge is -2.29. The van der Waals surface area contributed by atoms with E-state index in [0.29, 0.717) is 23.4 Å². The Morgan fingerprint density at radius 1 is 1.22 bits per heavy atom. The number of carbonyl (C=O) groups is 2. The van der Waals surface area contributed by atoms with Gasteiger partial charge in [0, 0.05) is 36.1 Å². The number of unbranched alkanes of at least 4 members (excludes halogenated alkanes) is 1. The van der Waals surface area contributed by atoms with Gasteiger partial charge in [-0.15, -0.1) is 6.58 Å². The number of carbonyl (C=O) groups excluding carboxylic acids is 2. The van der Waals surface area contributed by atoms with Gasteiger partial charge in [0.15, 0.2) is 0 Å². The lowest BCUT2D eigenvalue weighted by Crippen LogP contribution is -2.41. The molecule has 2 heterocycles. The normalized spacial score (nSPS) is 24.0. The molecule has 1 fully saturated rings. The second-order valence-corrected chi connectivity index (χ2v) is 11.8. The molecule has 8 nitrogen and oxygen atoms in total. The second-order valence-electron chi connectivity index (χ2n) is 9.50. The van der Waals surface area contributed by atoms with Crippen LogP contribution in [-0.4, -0.2) is 70.0 Å². The highest BCUT2D eigenvalue weighted by molar-refractivity contribution is 8.24. The molecular formula is C28H44N4O4S. The van der Waals surface area contributed by atoms with E-state index in [4.69, 9.17) is 0 Å². The first-order valence-corrected chi connectivity index (χ1v) is 14.8. The summed E-state index contributed by atoms with van der Waals surface area (Å²) in [5, 5.41) is 9.24. The third-order valence-electron chi connectivity index (χ3n) is 6.66. The maximum atomic E-state index is 12.9. The van der Waals surface area contributed by atoms with Crippen LogP contribution in [0.2, 0.25) is 0 Å². The summed E-state index contributed by atoms with van der Waals surface area (Å²) in [7, 11) is -0.867. The van der Waals surface area contributed by atoms with Gasteiger partial charge in [-0.05, 0) is 58.9 Å². The highest BCUT2D eigenvalue weighted by atomic mass is 32.3. The fourth-order valence-electron chi connectivity index (χ4n) is 4.30. The minimum absolute atomic E-state index is 0.0359. The van der Waals surface area contributed by atoms with Crippen molar-refractivity contribution >= 4 is 22.4 Å². The van der Waals surface area contributed by atoms with Gasteiger partial charge in [0.25, 0.3) is 5.91 Å². The van der Waals surface area contributed by atoms with Gasteiger partial charge < -0.3 is 20.9 Å². The maximum Gasteiger partial charge on any atom is 0.256 e. The molecule has 2 atom stereocenters. The fraction of sp³-hybridized carbons (Fsp3) is 0.500. The zero-order chi connectivity index (χ0) is 27.6. The van der Waals surface area contributed by atoms with Crippen LogP contribution in [0.3, 0.4) is 0 Å². The van der Waals surface area contributed by atoms with E-state index < -0.39 is 10.6 Å². The molecule has 0 aliphatic carbocycles. The Kier molecular flexibility index (Phi) is 11.9. The van der Waals surface area contributed by atoms with Crippen molar-refractivity contribution in [2.24, 2.45) is 5.92 Å². The van der Waals surface area contributed by atoms with Crippen molar-refractivity contribution in [2.45, 2.75) is 46.6 Å². The molecule has 0 spiro atoms. The van der Waals surface area contributed by atoms with Gasteiger partial charge in [-0.2, -0.15) is 10.6 Å². The van der Waals surface area contributed by atoms with Gasteiger partial charge in [0.05, 0.1) is 23.0 Å². The lowest BCUT2D eigenvalue weighted by molar-refractivity contribution is -0.124. The quantitative estimate of drug-likeness (QED) is 0.139. The first kappa shape index (κ1) is 30.6. The van der Waals surface area contributed by atoms with Crippen LogP contribution in [-0.2, 0) is 9.59 Å². The van der Waals surface area contributed by atoms with Crippen LogP contribution in [0, 0.1) is 5.92 Å². The Hall–Kier alpha value is -2.59. The van der Waals surface area contributed by atoms with Gasteiger partial charge in [-0.25, -0.2) is 0 Å². The van der Waals surface area contributed by atoms with E-state index in [1.165, 1.54) is 0 Å². The van der Waals surface area contributed by atoms with E-state index >= 15 is 0 Å². The van der Waals surface area contributed by atoms with Gasteiger partial charge >= 0.3 is 0 Å². The molecule has 206 valence electrons. The highest BCUT2D eigenvalue weighted by Crippen LogP contribution is 2.40. The minimum atomic E-state index is -2.88. The van der Waals surface area contributed by atoms with Crippen molar-refractivity contribution in [3.63, 3.8) is 0 Å². The zero-order valence-electron chi connectivity index (χ0n) is 22.8. The molecule has 2 aliphatic heterocycles. The van der Waals surface area contributed by atoms with Crippen LogP contribution in [0.1, 0.15) is 40.5 Å². The van der Waals surface area contributed by atoms with Crippen LogP contribution in [0.15, 0.2) is 71.1 Å². The average molecular weight is 533 g/mol. The number of likely N-dealkylation sites (N-methyl/N-ethyl adjacent to an activating group) is 1. The van der Waals surface area contributed by atoms with E-state index in [1.54, 1.807) is 24.3 Å². The number of amides is 2. The van der Waals surface area contributed by atoms with E-state index in [2.05, 4.69) is 34.4 Å². The van der Waals surface area contributed by atoms with Crippen LogP contribution < -0.4 is 16.0 Å². The second kappa shape index (κ2) is 14.4. The maximum absolute atomic E-state index is 12.9. The van der Waals surface area contributed by atoms with Crippen molar-refractivity contribution in [1.29, 1.82) is 0 Å². The first-order valence-electron chi connectivity index (χ1n) is 12.9. The number of allylic oxidation sites excluding steroid dienone is 5. The fourth-order valence-corrected chi connectivity index (χ4v) is 5.31. The molecule has 2 rings (SSSR count). The van der Waals surface area contributed by atoms with E-state index in [9.17, 15) is 18.7 Å². The standard InChI is InChI=1S/C28H44N4O4S/c1-7-10-11-12-13-17-37(35,36)18-14-22-23(27(33)31-24(22)8-2)19-25-20(4)26(21(5)30-25)28(34)29-15-16-32(6)9-3/h7-8,12-14,19,21,26,30,35-36H,1,9-11,15-18H2,2-6H3,(H,29,34)(H,31,33)/b13-12+,22-14-,23-19-,24-8+. The summed E-state index contributed by atoms with van der Waals surface area (Å²) in [5.74, 6) is -0.432. The molecule has 0 bridgehead atoms. The van der Waals surface area contributed by atoms with Crippen LogP contribution in [0.5, 0.6) is 0 Å². The SMILES string of the molecule is C=CCC/C=C/CS(O)(O)C/C=C1C(=C/C2=C(C)C(C(=O)NCCN(C)CC)C(C)N2)/C(=O)NC/1=C/C. The minimum Gasteiger partial charge on any atom is -0.381 e. The van der Waals surface area contributed by atoms with Gasteiger partial charge in [0.2, 0.25) is 5.91 Å². The molecule has 0 aromatic rings. The van der Waals surface area contributed by atoms with Crippen molar-refractivity contribution in [3.05, 3.63) is 71.1 Å². The molecule has 2 amide bonds. The van der Waals surface area contributed by atoms with Crippen molar-refractivity contribution in [3.8, 4) is 0 Å².